The summed E-state index contributed by atoms with van der Waals surface area (Å²) < 4.78 is 13.8. The molecule has 0 heterocycles. The van der Waals surface area contributed by atoms with E-state index in [2.05, 4.69) is 6.07 Å². The van der Waals surface area contributed by atoms with Crippen LogP contribution in [0.15, 0.2) is 42.5 Å². The van der Waals surface area contributed by atoms with E-state index in [1.165, 1.54) is 17.0 Å². The van der Waals surface area contributed by atoms with Crippen molar-refractivity contribution in [3.63, 3.8) is 0 Å². The van der Waals surface area contributed by atoms with Gasteiger partial charge in [-0.25, -0.2) is 4.39 Å². The normalized spacial score (nSPS) is 10.0. The second kappa shape index (κ2) is 6.19. The number of nitrogens with zero attached hydrogens (tertiary/aromatic N) is 2. The van der Waals surface area contributed by atoms with E-state index in [0.29, 0.717) is 12.1 Å². The van der Waals surface area contributed by atoms with Crippen LogP contribution >= 0.6 is 0 Å². The summed E-state index contributed by atoms with van der Waals surface area (Å²) in [7, 11) is 1.61. The van der Waals surface area contributed by atoms with Crippen molar-refractivity contribution in [1.29, 1.82) is 5.26 Å². The molecule has 21 heavy (non-hydrogen) atoms. The molecule has 4 heteroatoms. The van der Waals surface area contributed by atoms with Crippen molar-refractivity contribution < 1.29 is 9.18 Å². The molecule has 1 amide bonds. The first kappa shape index (κ1) is 14.7. The lowest BCUT2D eigenvalue weighted by molar-refractivity contribution is 0.0780. The van der Waals surface area contributed by atoms with Crippen LogP contribution in [0.3, 0.4) is 0 Å². The van der Waals surface area contributed by atoms with Crippen molar-refractivity contribution in [2.75, 3.05) is 7.05 Å². The number of hydrogen-bond donors (Lipinski definition) is 0. The highest BCUT2D eigenvalue weighted by molar-refractivity contribution is 5.94. The molecule has 0 atom stereocenters. The number of nitriles is 1. The molecule has 0 radical (unpaired) electrons. The Morgan fingerprint density at radius 2 is 2.05 bits per heavy atom. The summed E-state index contributed by atoms with van der Waals surface area (Å²) in [6.07, 6.45) is 0. The minimum atomic E-state index is -0.516. The lowest BCUT2D eigenvalue weighted by atomic mass is 10.1. The first-order valence-corrected chi connectivity index (χ1v) is 6.52. The predicted octanol–water partition coefficient (Wildman–Crippen LogP) is 3.28. The molecule has 2 aromatic rings. The molecule has 0 aliphatic rings. The molecule has 2 rings (SSSR count). The molecule has 106 valence electrons. The zero-order chi connectivity index (χ0) is 15.4. The van der Waals surface area contributed by atoms with E-state index < -0.39 is 5.82 Å². The zero-order valence-corrected chi connectivity index (χ0v) is 11.9. The van der Waals surface area contributed by atoms with Crippen molar-refractivity contribution in [1.82, 2.24) is 4.90 Å². The maximum atomic E-state index is 13.8. The Kier molecular flexibility index (Phi) is 4.34. The smallest absolute Gasteiger partial charge is 0.256 e. The van der Waals surface area contributed by atoms with Crippen LogP contribution in [0.25, 0.3) is 0 Å². The Labute approximate surface area is 123 Å². The van der Waals surface area contributed by atoms with Crippen molar-refractivity contribution in [2.45, 2.75) is 13.5 Å². The van der Waals surface area contributed by atoms with Crippen molar-refractivity contribution in [2.24, 2.45) is 0 Å². The molecule has 0 aliphatic carbocycles. The van der Waals surface area contributed by atoms with Crippen LogP contribution in [0.4, 0.5) is 4.39 Å². The molecule has 0 fully saturated rings. The second-order valence-corrected chi connectivity index (χ2v) is 4.96. The fraction of sp³-hybridized carbons (Fsp3) is 0.176. The average molecular weight is 282 g/mol. The molecule has 0 bridgehead atoms. The Bertz CT molecular complexity index is 719. The maximum Gasteiger partial charge on any atom is 0.256 e. The number of aryl methyl sites for hydroxylation is 1. The summed E-state index contributed by atoms with van der Waals surface area (Å²) in [6.45, 7) is 2.09. The third-order valence-electron chi connectivity index (χ3n) is 3.18. The van der Waals surface area contributed by atoms with E-state index in [-0.39, 0.29) is 11.5 Å². The largest absolute Gasteiger partial charge is 0.337 e. The highest BCUT2D eigenvalue weighted by Crippen LogP contribution is 2.14. The summed E-state index contributed by atoms with van der Waals surface area (Å²) in [5.74, 6) is -0.896. The van der Waals surface area contributed by atoms with Crippen molar-refractivity contribution >= 4 is 5.91 Å². The number of carbonyl (C=O) groups is 1. The number of amides is 1. The van der Waals surface area contributed by atoms with Gasteiger partial charge in [0.15, 0.2) is 0 Å². The second-order valence-electron chi connectivity index (χ2n) is 4.96. The van der Waals surface area contributed by atoms with Crippen LogP contribution in [0.5, 0.6) is 0 Å². The number of benzene rings is 2. The van der Waals surface area contributed by atoms with E-state index in [1.54, 1.807) is 38.2 Å². The van der Waals surface area contributed by atoms with Crippen LogP contribution in [-0.4, -0.2) is 17.9 Å². The van der Waals surface area contributed by atoms with Crippen molar-refractivity contribution in [3.05, 3.63) is 70.5 Å². The fourth-order valence-electron chi connectivity index (χ4n) is 2.08. The molecule has 3 nitrogen and oxygen atoms in total. The Hall–Kier alpha value is -2.67. The minimum Gasteiger partial charge on any atom is -0.337 e. The standard InChI is InChI=1S/C17H15FN2O/c1-12-6-7-15(16(18)8-12)17(21)20(2)11-14-5-3-4-13(9-14)10-19/h3-9H,11H2,1-2H3. The van der Waals surface area contributed by atoms with Crippen molar-refractivity contribution in [3.8, 4) is 6.07 Å². The Morgan fingerprint density at radius 3 is 2.71 bits per heavy atom. The SMILES string of the molecule is Cc1ccc(C(=O)N(C)Cc2cccc(C#N)c2)c(F)c1. The predicted molar refractivity (Wildman–Crippen MR) is 78.1 cm³/mol. The highest BCUT2D eigenvalue weighted by Gasteiger charge is 2.16. The van der Waals surface area contributed by atoms with Gasteiger partial charge >= 0.3 is 0 Å². The van der Waals surface area contributed by atoms with E-state index in [0.717, 1.165) is 11.1 Å². The Balaban J connectivity index is 2.17. The molecule has 0 aromatic heterocycles. The number of hydrogen-bond acceptors (Lipinski definition) is 2. The van der Waals surface area contributed by atoms with Crippen LogP contribution in [0.1, 0.15) is 27.0 Å². The first-order valence-electron chi connectivity index (χ1n) is 6.52. The van der Waals surface area contributed by atoms with E-state index in [4.69, 9.17) is 5.26 Å². The molecule has 0 saturated carbocycles. The zero-order valence-electron chi connectivity index (χ0n) is 11.9. The lowest BCUT2D eigenvalue weighted by Gasteiger charge is -2.18. The summed E-state index contributed by atoms with van der Waals surface area (Å²) in [6, 6.07) is 13.6. The summed E-state index contributed by atoms with van der Waals surface area (Å²) >= 11 is 0. The molecule has 0 aliphatic heterocycles. The number of carbonyl (C=O) groups excluding carboxylic acids is 1. The Morgan fingerprint density at radius 1 is 1.29 bits per heavy atom. The van der Waals surface area contributed by atoms with Gasteiger partial charge in [-0.3, -0.25) is 4.79 Å². The van der Waals surface area contributed by atoms with Gasteiger partial charge in [0.05, 0.1) is 17.2 Å². The van der Waals surface area contributed by atoms with Gasteiger partial charge in [0.1, 0.15) is 5.82 Å². The maximum absolute atomic E-state index is 13.8. The van der Waals surface area contributed by atoms with Gasteiger partial charge in [0.25, 0.3) is 5.91 Å². The van der Waals surface area contributed by atoms with E-state index >= 15 is 0 Å². The first-order chi connectivity index (χ1) is 10.0. The molecule has 0 spiro atoms. The molecular formula is C17H15FN2O. The molecule has 0 saturated heterocycles. The van der Waals surface area contributed by atoms with Gasteiger partial charge in [0, 0.05) is 13.6 Å². The third kappa shape index (κ3) is 3.46. The summed E-state index contributed by atoms with van der Waals surface area (Å²) in [5.41, 5.74) is 2.19. The van der Waals surface area contributed by atoms with Crippen LogP contribution in [0.2, 0.25) is 0 Å². The quantitative estimate of drug-likeness (QED) is 0.867. The molecule has 2 aromatic carbocycles. The summed E-state index contributed by atoms with van der Waals surface area (Å²) in [4.78, 5) is 13.7. The van der Waals surface area contributed by atoms with Crippen LogP contribution < -0.4 is 0 Å². The summed E-state index contributed by atoms with van der Waals surface area (Å²) in [5, 5.41) is 8.87. The molecule has 0 unspecified atom stereocenters. The van der Waals surface area contributed by atoms with Gasteiger partial charge in [-0.05, 0) is 42.3 Å². The average Bonchev–Trinajstić information content (AvgIpc) is 2.46. The van der Waals surface area contributed by atoms with E-state index in [9.17, 15) is 9.18 Å². The van der Waals surface area contributed by atoms with E-state index in [1.807, 2.05) is 6.07 Å². The van der Waals surface area contributed by atoms with Gasteiger partial charge in [-0.1, -0.05) is 18.2 Å². The number of rotatable bonds is 3. The van der Waals surface area contributed by atoms with Crippen LogP contribution in [-0.2, 0) is 6.54 Å². The van der Waals surface area contributed by atoms with Gasteiger partial charge < -0.3 is 4.90 Å². The van der Waals surface area contributed by atoms with Crippen LogP contribution in [0, 0.1) is 24.1 Å². The lowest BCUT2D eigenvalue weighted by Crippen LogP contribution is -2.27. The highest BCUT2D eigenvalue weighted by atomic mass is 19.1. The van der Waals surface area contributed by atoms with Gasteiger partial charge in [-0.15, -0.1) is 0 Å². The fourth-order valence-corrected chi connectivity index (χ4v) is 2.08. The molecule has 0 N–H and O–H groups in total. The molecular weight excluding hydrogens is 267 g/mol. The monoisotopic (exact) mass is 282 g/mol. The number of halogens is 1. The minimum absolute atomic E-state index is 0.0551. The topological polar surface area (TPSA) is 44.1 Å². The van der Waals surface area contributed by atoms with Gasteiger partial charge in [-0.2, -0.15) is 5.26 Å². The third-order valence-corrected chi connectivity index (χ3v) is 3.18. The van der Waals surface area contributed by atoms with Gasteiger partial charge in [0.2, 0.25) is 0 Å².